The van der Waals surface area contributed by atoms with Crippen LogP contribution in [0.3, 0.4) is 0 Å². The number of nitrogens with zero attached hydrogens (tertiary/aromatic N) is 3. The third-order valence-corrected chi connectivity index (χ3v) is 7.38. The van der Waals surface area contributed by atoms with Crippen LogP contribution in [0.25, 0.3) is 0 Å². The lowest BCUT2D eigenvalue weighted by Crippen LogP contribution is -2.46. The van der Waals surface area contributed by atoms with Crippen LogP contribution in [0.1, 0.15) is 38.7 Å². The average Bonchev–Trinajstić information content (AvgIpc) is 2.85. The fraction of sp³-hybridized carbons (Fsp3) is 0.519. The minimum atomic E-state index is 0.0743. The van der Waals surface area contributed by atoms with E-state index in [0.29, 0.717) is 23.1 Å². The van der Waals surface area contributed by atoms with Crippen LogP contribution in [-0.2, 0) is 16.0 Å². The zero-order valence-electron chi connectivity index (χ0n) is 20.6. The SMILES string of the molecule is CC(C)OCN1C(=O)CCc2ccc(OCCCCN3CCN(c4cccc(Cl)c4Cl)CC3)cc21. The van der Waals surface area contributed by atoms with E-state index >= 15 is 0 Å². The van der Waals surface area contributed by atoms with E-state index in [4.69, 9.17) is 32.7 Å². The molecule has 8 heteroatoms. The molecule has 4 rings (SSSR count). The molecule has 0 radical (unpaired) electrons. The Hall–Kier alpha value is -1.99. The van der Waals surface area contributed by atoms with E-state index in [-0.39, 0.29) is 18.7 Å². The van der Waals surface area contributed by atoms with Gasteiger partial charge in [-0.1, -0.05) is 35.3 Å². The summed E-state index contributed by atoms with van der Waals surface area (Å²) in [5, 5.41) is 1.25. The van der Waals surface area contributed by atoms with Gasteiger partial charge in [0.05, 0.1) is 34.1 Å². The van der Waals surface area contributed by atoms with Gasteiger partial charge in [0, 0.05) is 38.7 Å². The summed E-state index contributed by atoms with van der Waals surface area (Å²) >= 11 is 12.6. The Balaban J connectivity index is 1.19. The van der Waals surface area contributed by atoms with E-state index in [2.05, 4.69) is 15.9 Å². The third-order valence-electron chi connectivity index (χ3n) is 6.58. The fourth-order valence-electron chi connectivity index (χ4n) is 4.55. The minimum absolute atomic E-state index is 0.0743. The first kappa shape index (κ1) is 26.1. The first-order chi connectivity index (χ1) is 16.9. The predicted octanol–water partition coefficient (Wildman–Crippen LogP) is 5.64. The van der Waals surface area contributed by atoms with Crippen LogP contribution >= 0.6 is 23.2 Å². The summed E-state index contributed by atoms with van der Waals surface area (Å²) in [6.07, 6.45) is 3.43. The second-order valence-corrected chi connectivity index (χ2v) is 10.2. The lowest BCUT2D eigenvalue weighted by molar-refractivity contribution is -0.120. The van der Waals surface area contributed by atoms with Crippen LogP contribution in [0.2, 0.25) is 10.0 Å². The predicted molar refractivity (Wildman–Crippen MR) is 143 cm³/mol. The minimum Gasteiger partial charge on any atom is -0.494 e. The van der Waals surface area contributed by atoms with Crippen molar-refractivity contribution < 1.29 is 14.3 Å². The molecule has 6 nitrogen and oxygen atoms in total. The number of anilines is 2. The lowest BCUT2D eigenvalue weighted by Gasteiger charge is -2.36. The van der Waals surface area contributed by atoms with Gasteiger partial charge in [0.25, 0.3) is 0 Å². The second kappa shape index (κ2) is 12.3. The van der Waals surface area contributed by atoms with Crippen LogP contribution in [0.5, 0.6) is 5.75 Å². The number of amides is 1. The van der Waals surface area contributed by atoms with Gasteiger partial charge in [-0.05, 0) is 63.4 Å². The molecule has 0 aromatic heterocycles. The van der Waals surface area contributed by atoms with Crippen molar-refractivity contribution in [1.29, 1.82) is 0 Å². The molecular weight excluding hydrogens is 485 g/mol. The number of carbonyl (C=O) groups excluding carboxylic acids is 1. The molecule has 0 bridgehead atoms. The highest BCUT2D eigenvalue weighted by Gasteiger charge is 2.25. The zero-order valence-corrected chi connectivity index (χ0v) is 22.2. The maximum Gasteiger partial charge on any atom is 0.229 e. The number of benzene rings is 2. The zero-order chi connectivity index (χ0) is 24.8. The Bertz CT molecular complexity index is 1010. The van der Waals surface area contributed by atoms with Crippen LogP contribution in [0.4, 0.5) is 11.4 Å². The molecule has 1 amide bonds. The molecule has 0 aliphatic carbocycles. The van der Waals surface area contributed by atoms with Gasteiger partial charge < -0.3 is 14.4 Å². The van der Waals surface area contributed by atoms with Gasteiger partial charge in [-0.2, -0.15) is 0 Å². The first-order valence-corrected chi connectivity index (χ1v) is 13.3. The molecule has 1 saturated heterocycles. The number of hydrogen-bond acceptors (Lipinski definition) is 5. The molecule has 190 valence electrons. The van der Waals surface area contributed by atoms with Crippen molar-refractivity contribution in [3.63, 3.8) is 0 Å². The Morgan fingerprint density at radius 1 is 0.971 bits per heavy atom. The van der Waals surface area contributed by atoms with E-state index in [1.807, 2.05) is 44.2 Å². The topological polar surface area (TPSA) is 45.2 Å². The van der Waals surface area contributed by atoms with Gasteiger partial charge in [-0.15, -0.1) is 0 Å². The van der Waals surface area contributed by atoms with Crippen molar-refractivity contribution in [3.8, 4) is 5.75 Å². The molecule has 0 saturated carbocycles. The van der Waals surface area contributed by atoms with Crippen molar-refractivity contribution >= 4 is 40.5 Å². The van der Waals surface area contributed by atoms with Crippen LogP contribution < -0.4 is 14.5 Å². The number of aryl methyl sites for hydroxylation is 1. The van der Waals surface area contributed by atoms with Crippen molar-refractivity contribution in [3.05, 3.63) is 52.0 Å². The summed E-state index contributed by atoms with van der Waals surface area (Å²) in [5.74, 6) is 0.910. The summed E-state index contributed by atoms with van der Waals surface area (Å²) in [6, 6.07) is 11.9. The van der Waals surface area contributed by atoms with Crippen molar-refractivity contribution in [2.45, 2.75) is 45.6 Å². The average molecular weight is 521 g/mol. The molecule has 0 spiro atoms. The number of piperazine rings is 1. The van der Waals surface area contributed by atoms with Crippen molar-refractivity contribution in [2.24, 2.45) is 0 Å². The van der Waals surface area contributed by atoms with E-state index in [0.717, 1.165) is 69.1 Å². The summed E-state index contributed by atoms with van der Waals surface area (Å²) < 4.78 is 11.7. The molecule has 0 unspecified atom stereocenters. The standard InChI is InChI=1S/C27H35Cl2N3O3/c1-20(2)35-19-32-25-18-22(10-8-21(25)9-11-26(32)33)34-17-4-3-12-30-13-15-31(16-14-30)24-7-5-6-23(28)27(24)29/h5-8,10,18,20H,3-4,9,11-17,19H2,1-2H3. The van der Waals surface area contributed by atoms with Gasteiger partial charge in [0.2, 0.25) is 5.91 Å². The molecule has 0 N–H and O–H groups in total. The molecule has 2 aliphatic heterocycles. The highest BCUT2D eigenvalue weighted by molar-refractivity contribution is 6.43. The summed E-state index contributed by atoms with van der Waals surface area (Å²) in [5.41, 5.74) is 3.10. The van der Waals surface area contributed by atoms with Crippen molar-refractivity contribution in [1.82, 2.24) is 4.90 Å². The van der Waals surface area contributed by atoms with Gasteiger partial charge in [-0.25, -0.2) is 0 Å². The Morgan fingerprint density at radius 3 is 2.54 bits per heavy atom. The maximum atomic E-state index is 12.4. The molecule has 35 heavy (non-hydrogen) atoms. The molecular formula is C27H35Cl2N3O3. The van der Waals surface area contributed by atoms with Gasteiger partial charge in [0.15, 0.2) is 0 Å². The van der Waals surface area contributed by atoms with E-state index in [1.54, 1.807) is 4.90 Å². The summed E-state index contributed by atoms with van der Waals surface area (Å²) in [7, 11) is 0. The van der Waals surface area contributed by atoms with Crippen LogP contribution in [-0.4, -0.2) is 63.0 Å². The number of hydrogen-bond donors (Lipinski definition) is 0. The fourth-order valence-corrected chi connectivity index (χ4v) is 4.96. The smallest absolute Gasteiger partial charge is 0.229 e. The van der Waals surface area contributed by atoms with Crippen LogP contribution in [0.15, 0.2) is 36.4 Å². The number of ether oxygens (including phenoxy) is 2. The summed E-state index contributed by atoms with van der Waals surface area (Å²) in [6.45, 7) is 9.86. The highest BCUT2D eigenvalue weighted by atomic mass is 35.5. The number of fused-ring (bicyclic) bond motifs is 1. The molecule has 0 atom stereocenters. The monoisotopic (exact) mass is 519 g/mol. The second-order valence-electron chi connectivity index (χ2n) is 9.41. The van der Waals surface area contributed by atoms with E-state index < -0.39 is 0 Å². The Kier molecular flexibility index (Phi) is 9.17. The number of halogens is 2. The number of unbranched alkanes of at least 4 members (excludes halogenated alkanes) is 1. The molecule has 2 aliphatic rings. The van der Waals surface area contributed by atoms with E-state index in [9.17, 15) is 4.79 Å². The number of rotatable bonds is 10. The molecule has 2 heterocycles. The van der Waals surface area contributed by atoms with Crippen molar-refractivity contribution in [2.75, 3.05) is 55.9 Å². The maximum absolute atomic E-state index is 12.4. The normalized spacial score (nSPS) is 16.7. The Morgan fingerprint density at radius 2 is 1.77 bits per heavy atom. The van der Waals surface area contributed by atoms with E-state index in [1.165, 1.54) is 5.56 Å². The highest BCUT2D eigenvalue weighted by Crippen LogP contribution is 2.33. The quantitative estimate of drug-likeness (QED) is 0.380. The summed E-state index contributed by atoms with van der Waals surface area (Å²) in [4.78, 5) is 19.0. The lowest BCUT2D eigenvalue weighted by atomic mass is 10.0. The molecule has 2 aromatic carbocycles. The van der Waals surface area contributed by atoms with Gasteiger partial charge >= 0.3 is 0 Å². The van der Waals surface area contributed by atoms with Gasteiger partial charge in [0.1, 0.15) is 12.5 Å². The third kappa shape index (κ3) is 6.82. The number of carbonyl (C=O) groups is 1. The van der Waals surface area contributed by atoms with Gasteiger partial charge in [-0.3, -0.25) is 14.6 Å². The largest absolute Gasteiger partial charge is 0.494 e. The van der Waals surface area contributed by atoms with Crippen LogP contribution in [0, 0.1) is 0 Å². The first-order valence-electron chi connectivity index (χ1n) is 12.5. The molecule has 1 fully saturated rings. The Labute approximate surface area is 218 Å². The molecule has 2 aromatic rings.